The minimum atomic E-state index is -0.455. The van der Waals surface area contributed by atoms with Gasteiger partial charge in [-0.05, 0) is 48.0 Å². The van der Waals surface area contributed by atoms with Crippen molar-refractivity contribution in [1.29, 1.82) is 0 Å². The van der Waals surface area contributed by atoms with Crippen molar-refractivity contribution in [3.63, 3.8) is 0 Å². The predicted molar refractivity (Wildman–Crippen MR) is 109 cm³/mol. The van der Waals surface area contributed by atoms with Crippen molar-refractivity contribution in [2.75, 3.05) is 12.4 Å². The zero-order valence-corrected chi connectivity index (χ0v) is 16.1. The second-order valence-electron chi connectivity index (χ2n) is 6.13. The lowest BCUT2D eigenvalue weighted by atomic mass is 10.2. The summed E-state index contributed by atoms with van der Waals surface area (Å²) >= 11 is 5.92. The number of rotatable bonds is 6. The highest BCUT2D eigenvalue weighted by molar-refractivity contribution is 6.30. The number of carbonyl (C=O) groups excluding carboxylic acids is 2. The number of urea groups is 1. The van der Waals surface area contributed by atoms with Crippen LogP contribution in [0.3, 0.4) is 0 Å². The number of aromatic nitrogens is 1. The maximum Gasteiger partial charge on any atom is 0.337 e. The third-order valence-corrected chi connectivity index (χ3v) is 4.41. The molecule has 3 aromatic rings. The largest absolute Gasteiger partial charge is 0.465 e. The number of benzene rings is 2. The van der Waals surface area contributed by atoms with E-state index in [1.165, 1.54) is 7.11 Å². The Kier molecular flexibility index (Phi) is 6.34. The maximum atomic E-state index is 12.2. The van der Waals surface area contributed by atoms with Crippen molar-refractivity contribution in [2.45, 2.75) is 13.1 Å². The monoisotopic (exact) mass is 397 g/mol. The topological polar surface area (TPSA) is 72.4 Å². The van der Waals surface area contributed by atoms with Gasteiger partial charge in [-0.3, -0.25) is 0 Å². The molecule has 0 aliphatic heterocycles. The Morgan fingerprint density at radius 3 is 2.61 bits per heavy atom. The van der Waals surface area contributed by atoms with Gasteiger partial charge in [-0.15, -0.1) is 0 Å². The minimum absolute atomic E-state index is 0.360. The van der Waals surface area contributed by atoms with E-state index in [9.17, 15) is 9.59 Å². The molecule has 1 aromatic heterocycles. The van der Waals surface area contributed by atoms with Crippen LogP contribution >= 0.6 is 11.6 Å². The van der Waals surface area contributed by atoms with Crippen molar-refractivity contribution in [2.24, 2.45) is 0 Å². The van der Waals surface area contributed by atoms with Gasteiger partial charge in [0.15, 0.2) is 0 Å². The summed E-state index contributed by atoms with van der Waals surface area (Å²) in [4.78, 5) is 23.8. The Labute approximate surface area is 168 Å². The molecule has 0 aliphatic rings. The first-order valence-electron chi connectivity index (χ1n) is 8.67. The maximum absolute atomic E-state index is 12.2. The number of amides is 2. The minimum Gasteiger partial charge on any atom is -0.465 e. The highest BCUT2D eigenvalue weighted by atomic mass is 35.5. The van der Waals surface area contributed by atoms with E-state index in [1.807, 2.05) is 42.6 Å². The van der Waals surface area contributed by atoms with Gasteiger partial charge in [-0.1, -0.05) is 29.8 Å². The SMILES string of the molecule is COC(=O)c1cccc(NC(=O)NCc2cccn2Cc2ccc(Cl)cc2)c1. The van der Waals surface area contributed by atoms with E-state index in [0.29, 0.717) is 29.4 Å². The van der Waals surface area contributed by atoms with E-state index in [4.69, 9.17) is 11.6 Å². The number of nitrogens with one attached hydrogen (secondary N) is 2. The van der Waals surface area contributed by atoms with Crippen LogP contribution in [0.25, 0.3) is 0 Å². The van der Waals surface area contributed by atoms with Crippen LogP contribution in [0, 0.1) is 0 Å². The zero-order valence-electron chi connectivity index (χ0n) is 15.3. The Morgan fingerprint density at radius 2 is 1.86 bits per heavy atom. The number of carbonyl (C=O) groups is 2. The second-order valence-corrected chi connectivity index (χ2v) is 6.57. The molecule has 0 unspecified atom stereocenters. The number of anilines is 1. The molecule has 3 rings (SSSR count). The van der Waals surface area contributed by atoms with Crippen LogP contribution in [0.4, 0.5) is 10.5 Å². The summed E-state index contributed by atoms with van der Waals surface area (Å²) in [6, 6.07) is 17.8. The molecule has 0 saturated heterocycles. The number of hydrogen-bond donors (Lipinski definition) is 2. The van der Waals surface area contributed by atoms with Gasteiger partial charge in [0.05, 0.1) is 19.2 Å². The predicted octanol–water partition coefficient (Wildman–Crippen LogP) is 4.30. The molecule has 0 fully saturated rings. The number of halogens is 1. The summed E-state index contributed by atoms with van der Waals surface area (Å²) in [7, 11) is 1.31. The number of ether oxygens (including phenoxy) is 1. The van der Waals surface area contributed by atoms with Gasteiger partial charge in [0.25, 0.3) is 0 Å². The quantitative estimate of drug-likeness (QED) is 0.609. The summed E-state index contributed by atoms with van der Waals surface area (Å²) < 4.78 is 6.74. The van der Waals surface area contributed by atoms with Crippen LogP contribution in [0.15, 0.2) is 66.9 Å². The molecule has 2 N–H and O–H groups in total. The molecule has 0 atom stereocenters. The van der Waals surface area contributed by atoms with Crippen molar-refractivity contribution in [3.05, 3.63) is 88.7 Å². The smallest absolute Gasteiger partial charge is 0.337 e. The molecule has 0 saturated carbocycles. The molecular formula is C21H20ClN3O3. The van der Waals surface area contributed by atoms with Crippen LogP contribution in [-0.2, 0) is 17.8 Å². The number of nitrogens with zero attached hydrogens (tertiary/aromatic N) is 1. The molecule has 6 nitrogen and oxygen atoms in total. The van der Waals surface area contributed by atoms with Gasteiger partial charge in [-0.25, -0.2) is 9.59 Å². The normalized spacial score (nSPS) is 10.4. The Hall–Kier alpha value is -3.25. The molecular weight excluding hydrogens is 378 g/mol. The van der Waals surface area contributed by atoms with Crippen molar-refractivity contribution < 1.29 is 14.3 Å². The first-order chi connectivity index (χ1) is 13.5. The number of esters is 1. The molecule has 144 valence electrons. The van der Waals surface area contributed by atoms with Gasteiger partial charge in [0, 0.05) is 29.1 Å². The van der Waals surface area contributed by atoms with Crippen LogP contribution in [0.1, 0.15) is 21.6 Å². The molecule has 0 aliphatic carbocycles. The summed E-state index contributed by atoms with van der Waals surface area (Å²) in [5, 5.41) is 6.24. The van der Waals surface area contributed by atoms with Gasteiger partial charge in [0.1, 0.15) is 0 Å². The average Bonchev–Trinajstić information content (AvgIpc) is 3.14. The van der Waals surface area contributed by atoms with Gasteiger partial charge >= 0.3 is 12.0 Å². The van der Waals surface area contributed by atoms with Crippen LogP contribution in [0.2, 0.25) is 5.02 Å². The molecule has 0 radical (unpaired) electrons. The summed E-state index contributed by atoms with van der Waals surface area (Å²) in [6.45, 7) is 1.05. The summed E-state index contributed by atoms with van der Waals surface area (Å²) in [5.41, 5.74) is 2.97. The molecule has 0 spiro atoms. The lowest BCUT2D eigenvalue weighted by Gasteiger charge is -2.12. The first-order valence-corrected chi connectivity index (χ1v) is 9.04. The summed E-state index contributed by atoms with van der Waals surface area (Å²) in [5.74, 6) is -0.455. The van der Waals surface area contributed by atoms with E-state index in [2.05, 4.69) is 19.9 Å². The average molecular weight is 398 g/mol. The van der Waals surface area contributed by atoms with E-state index >= 15 is 0 Å². The molecule has 2 aromatic carbocycles. The Balaban J connectivity index is 1.57. The van der Waals surface area contributed by atoms with E-state index < -0.39 is 5.97 Å². The molecule has 1 heterocycles. The fraction of sp³-hybridized carbons (Fsp3) is 0.143. The first kappa shape index (κ1) is 19.5. The van der Waals surface area contributed by atoms with Gasteiger partial charge < -0.3 is 19.9 Å². The fourth-order valence-electron chi connectivity index (χ4n) is 2.74. The second kappa shape index (κ2) is 9.10. The Bertz CT molecular complexity index is 967. The van der Waals surface area contributed by atoms with E-state index in [1.54, 1.807) is 24.3 Å². The van der Waals surface area contributed by atoms with E-state index in [0.717, 1.165) is 11.3 Å². The third-order valence-electron chi connectivity index (χ3n) is 4.16. The van der Waals surface area contributed by atoms with Crippen molar-refractivity contribution >= 4 is 29.3 Å². The third kappa shape index (κ3) is 5.14. The summed E-state index contributed by atoms with van der Waals surface area (Å²) in [6.07, 6.45) is 1.96. The Morgan fingerprint density at radius 1 is 1.07 bits per heavy atom. The zero-order chi connectivity index (χ0) is 19.9. The van der Waals surface area contributed by atoms with E-state index in [-0.39, 0.29) is 6.03 Å². The number of hydrogen-bond acceptors (Lipinski definition) is 3. The van der Waals surface area contributed by atoms with Crippen LogP contribution in [0.5, 0.6) is 0 Å². The fourth-order valence-corrected chi connectivity index (χ4v) is 2.86. The lowest BCUT2D eigenvalue weighted by Crippen LogP contribution is -2.29. The van der Waals surface area contributed by atoms with Crippen LogP contribution in [-0.4, -0.2) is 23.7 Å². The standard InChI is InChI=1S/C21H20ClN3O3/c1-28-20(26)16-4-2-5-18(12-16)24-21(27)23-13-19-6-3-11-25(19)14-15-7-9-17(22)10-8-15/h2-12H,13-14H2,1H3,(H2,23,24,27). The van der Waals surface area contributed by atoms with Crippen molar-refractivity contribution in [1.82, 2.24) is 9.88 Å². The highest BCUT2D eigenvalue weighted by Crippen LogP contribution is 2.13. The van der Waals surface area contributed by atoms with Crippen LogP contribution < -0.4 is 10.6 Å². The molecule has 28 heavy (non-hydrogen) atoms. The van der Waals surface area contributed by atoms with Gasteiger partial charge in [-0.2, -0.15) is 0 Å². The molecule has 7 heteroatoms. The lowest BCUT2D eigenvalue weighted by molar-refractivity contribution is 0.0600. The number of methoxy groups -OCH3 is 1. The highest BCUT2D eigenvalue weighted by Gasteiger charge is 2.09. The molecule has 0 bridgehead atoms. The molecule has 2 amide bonds. The van der Waals surface area contributed by atoms with Crippen molar-refractivity contribution in [3.8, 4) is 0 Å². The van der Waals surface area contributed by atoms with Gasteiger partial charge in [0.2, 0.25) is 0 Å².